The van der Waals surface area contributed by atoms with Gasteiger partial charge in [0.05, 0.1) is 0 Å². The van der Waals surface area contributed by atoms with Crippen molar-refractivity contribution in [2.24, 2.45) is 0 Å². The van der Waals surface area contributed by atoms with Gasteiger partial charge in [-0.2, -0.15) is 0 Å². The number of rotatable bonds is 5. The number of halogens is 1. The predicted molar refractivity (Wildman–Crippen MR) is 98.0 cm³/mol. The molecular formula is C19H18BrNO4. The van der Waals surface area contributed by atoms with Gasteiger partial charge in [-0.25, -0.2) is 9.59 Å². The Labute approximate surface area is 154 Å². The number of fused-ring (bicyclic) bond motifs is 3. The molecule has 2 aromatic carbocycles. The van der Waals surface area contributed by atoms with Gasteiger partial charge in [0, 0.05) is 10.7 Å². The minimum Gasteiger partial charge on any atom is -0.480 e. The van der Waals surface area contributed by atoms with Gasteiger partial charge in [-0.3, -0.25) is 0 Å². The molecule has 1 aliphatic rings. The third kappa shape index (κ3) is 3.54. The highest BCUT2D eigenvalue weighted by Gasteiger charge is 2.30. The van der Waals surface area contributed by atoms with Crippen LogP contribution in [0.3, 0.4) is 0 Å². The Morgan fingerprint density at radius 2 is 1.64 bits per heavy atom. The van der Waals surface area contributed by atoms with Gasteiger partial charge in [-0.05, 0) is 22.3 Å². The van der Waals surface area contributed by atoms with Crippen molar-refractivity contribution < 1.29 is 19.4 Å². The number of benzene rings is 2. The van der Waals surface area contributed by atoms with E-state index in [4.69, 9.17) is 9.84 Å². The van der Waals surface area contributed by atoms with Crippen LogP contribution in [0.25, 0.3) is 11.1 Å². The van der Waals surface area contributed by atoms with Crippen LogP contribution in [0.4, 0.5) is 4.79 Å². The molecule has 1 aliphatic carbocycles. The van der Waals surface area contributed by atoms with Crippen molar-refractivity contribution >= 4 is 28.0 Å². The van der Waals surface area contributed by atoms with Crippen molar-refractivity contribution in [3.8, 4) is 11.1 Å². The van der Waals surface area contributed by atoms with E-state index < -0.39 is 22.9 Å². The topological polar surface area (TPSA) is 75.6 Å². The molecule has 0 aliphatic heterocycles. The van der Waals surface area contributed by atoms with Gasteiger partial charge in [0.25, 0.3) is 0 Å². The lowest BCUT2D eigenvalue weighted by molar-refractivity contribution is -0.139. The second kappa shape index (κ2) is 7.27. The SMILES string of the molecule is C[C@@H](Br)[C@H](NC(=O)OCC1c2ccccc2-c2ccccc21)C(=O)O. The number of carboxylic acid groups (broad SMARTS) is 1. The van der Waals surface area contributed by atoms with Crippen LogP contribution in [0.1, 0.15) is 24.0 Å². The molecule has 5 nitrogen and oxygen atoms in total. The van der Waals surface area contributed by atoms with Gasteiger partial charge in [0.2, 0.25) is 0 Å². The first kappa shape index (κ1) is 17.5. The number of carbonyl (C=O) groups excluding carboxylic acids is 1. The van der Waals surface area contributed by atoms with E-state index >= 15 is 0 Å². The molecule has 2 aromatic rings. The highest BCUT2D eigenvalue weighted by molar-refractivity contribution is 9.09. The molecule has 2 atom stereocenters. The molecule has 0 saturated carbocycles. The number of alkyl carbamates (subject to hydrolysis) is 1. The Hall–Kier alpha value is -2.34. The summed E-state index contributed by atoms with van der Waals surface area (Å²) in [6.07, 6.45) is -0.736. The number of amides is 1. The number of hydrogen-bond acceptors (Lipinski definition) is 3. The standard InChI is InChI=1S/C19H18BrNO4/c1-11(20)17(18(22)23)21-19(24)25-10-16-14-8-4-2-6-12(14)13-7-3-5-9-15(13)16/h2-9,11,16-17H,10H2,1H3,(H,21,24)(H,22,23)/t11-,17+/m1/s1. The van der Waals surface area contributed by atoms with Crippen LogP contribution in [-0.4, -0.2) is 34.6 Å². The molecule has 2 N–H and O–H groups in total. The first-order valence-electron chi connectivity index (χ1n) is 7.97. The van der Waals surface area contributed by atoms with Crippen LogP contribution < -0.4 is 5.32 Å². The molecule has 0 fully saturated rings. The van der Waals surface area contributed by atoms with Crippen molar-refractivity contribution in [3.05, 3.63) is 59.7 Å². The maximum atomic E-state index is 12.0. The van der Waals surface area contributed by atoms with Crippen LogP contribution >= 0.6 is 15.9 Å². The second-order valence-corrected chi connectivity index (χ2v) is 7.41. The van der Waals surface area contributed by atoms with Crippen LogP contribution in [0.5, 0.6) is 0 Å². The largest absolute Gasteiger partial charge is 0.480 e. The molecule has 3 rings (SSSR count). The number of ether oxygens (including phenoxy) is 1. The van der Waals surface area contributed by atoms with Gasteiger partial charge in [-0.15, -0.1) is 0 Å². The van der Waals surface area contributed by atoms with Gasteiger partial charge in [-0.1, -0.05) is 71.4 Å². The van der Waals surface area contributed by atoms with Gasteiger partial charge in [0.15, 0.2) is 0 Å². The molecule has 0 saturated heterocycles. The highest BCUT2D eigenvalue weighted by atomic mass is 79.9. The number of aliphatic carboxylic acids is 1. The molecule has 0 heterocycles. The zero-order valence-electron chi connectivity index (χ0n) is 13.6. The van der Waals surface area contributed by atoms with Crippen molar-refractivity contribution in [2.75, 3.05) is 6.61 Å². The monoisotopic (exact) mass is 403 g/mol. The number of alkyl halides is 1. The average Bonchev–Trinajstić information content (AvgIpc) is 2.91. The number of hydrogen-bond donors (Lipinski definition) is 2. The Kier molecular flexibility index (Phi) is 5.08. The minimum absolute atomic E-state index is 0.0529. The Bertz CT molecular complexity index is 760. The molecule has 0 unspecified atom stereocenters. The fourth-order valence-electron chi connectivity index (χ4n) is 3.14. The van der Waals surface area contributed by atoms with Crippen molar-refractivity contribution in [2.45, 2.75) is 23.7 Å². The van der Waals surface area contributed by atoms with Gasteiger partial charge >= 0.3 is 12.1 Å². The first-order chi connectivity index (χ1) is 12.0. The van der Waals surface area contributed by atoms with E-state index in [-0.39, 0.29) is 12.5 Å². The highest BCUT2D eigenvalue weighted by Crippen LogP contribution is 2.44. The summed E-state index contributed by atoms with van der Waals surface area (Å²) in [4.78, 5) is 22.8. The molecule has 1 amide bonds. The van der Waals surface area contributed by atoms with Crippen LogP contribution in [0.2, 0.25) is 0 Å². The second-order valence-electron chi connectivity index (χ2n) is 5.96. The lowest BCUT2D eigenvalue weighted by Crippen LogP contribution is -2.46. The average molecular weight is 404 g/mol. The smallest absolute Gasteiger partial charge is 0.407 e. The van der Waals surface area contributed by atoms with Crippen molar-refractivity contribution in [3.63, 3.8) is 0 Å². The molecule has 0 radical (unpaired) electrons. The molecule has 0 bridgehead atoms. The fourth-order valence-corrected chi connectivity index (χ4v) is 3.50. The number of carbonyl (C=O) groups is 2. The third-order valence-electron chi connectivity index (χ3n) is 4.34. The molecule has 0 aromatic heterocycles. The van der Waals surface area contributed by atoms with E-state index in [1.54, 1.807) is 6.92 Å². The lowest BCUT2D eigenvalue weighted by atomic mass is 9.98. The van der Waals surface area contributed by atoms with Gasteiger partial charge in [0.1, 0.15) is 12.6 Å². The normalized spacial score (nSPS) is 15.0. The Morgan fingerprint density at radius 1 is 1.12 bits per heavy atom. The summed E-state index contributed by atoms with van der Waals surface area (Å²) >= 11 is 3.18. The van der Waals surface area contributed by atoms with E-state index in [2.05, 4.69) is 33.4 Å². The third-order valence-corrected chi connectivity index (χ3v) is 4.87. The van der Waals surface area contributed by atoms with Crippen LogP contribution in [0, 0.1) is 0 Å². The molecular weight excluding hydrogens is 386 g/mol. The summed E-state index contributed by atoms with van der Waals surface area (Å²) in [6.45, 7) is 1.81. The maximum absolute atomic E-state index is 12.0. The zero-order valence-corrected chi connectivity index (χ0v) is 15.2. The summed E-state index contributed by atoms with van der Waals surface area (Å²) in [7, 11) is 0. The van der Waals surface area contributed by atoms with Crippen molar-refractivity contribution in [1.82, 2.24) is 5.32 Å². The fraction of sp³-hybridized carbons (Fsp3) is 0.263. The molecule has 25 heavy (non-hydrogen) atoms. The number of nitrogens with one attached hydrogen (secondary N) is 1. The summed E-state index contributed by atoms with van der Waals surface area (Å²) in [5, 5.41) is 11.5. The van der Waals surface area contributed by atoms with E-state index in [1.807, 2.05) is 36.4 Å². The summed E-state index contributed by atoms with van der Waals surface area (Å²) in [5.41, 5.74) is 4.51. The van der Waals surface area contributed by atoms with Crippen LogP contribution in [0.15, 0.2) is 48.5 Å². The zero-order chi connectivity index (χ0) is 18.0. The number of carboxylic acids is 1. The first-order valence-corrected chi connectivity index (χ1v) is 8.89. The molecule has 0 spiro atoms. The van der Waals surface area contributed by atoms with Crippen molar-refractivity contribution in [1.29, 1.82) is 0 Å². The van der Waals surface area contributed by atoms with E-state index in [1.165, 1.54) is 0 Å². The Balaban J connectivity index is 1.73. The predicted octanol–water partition coefficient (Wildman–Crippen LogP) is 3.76. The van der Waals surface area contributed by atoms with Gasteiger partial charge < -0.3 is 15.2 Å². The maximum Gasteiger partial charge on any atom is 0.407 e. The summed E-state index contributed by atoms with van der Waals surface area (Å²) in [6, 6.07) is 15.0. The van der Waals surface area contributed by atoms with E-state index in [0.29, 0.717) is 0 Å². The molecule has 6 heteroatoms. The molecule has 130 valence electrons. The summed E-state index contributed by atoms with van der Waals surface area (Å²) in [5.74, 6) is -1.17. The van der Waals surface area contributed by atoms with Crippen LogP contribution in [-0.2, 0) is 9.53 Å². The quantitative estimate of drug-likeness (QED) is 0.745. The van der Waals surface area contributed by atoms with E-state index in [9.17, 15) is 9.59 Å². The summed E-state index contributed by atoms with van der Waals surface area (Å²) < 4.78 is 5.34. The lowest BCUT2D eigenvalue weighted by Gasteiger charge is -2.18. The minimum atomic E-state index is -1.11. The Morgan fingerprint density at radius 3 is 2.12 bits per heavy atom. The van der Waals surface area contributed by atoms with E-state index in [0.717, 1.165) is 22.3 Å².